The molecule has 0 atom stereocenters. The molecule has 0 bridgehead atoms. The lowest BCUT2D eigenvalue weighted by Crippen LogP contribution is -2.26. The van der Waals surface area contributed by atoms with Crippen molar-refractivity contribution in [3.8, 4) is 11.3 Å². The SMILES string of the molecule is Br.Cc1ccc(-c2csc(=NC3CCCCC3)n2C2CCCCC2)cc1. The standard InChI is InChI=1S/C22H30N2S.BrH/c1-17-12-14-18(15-13-17)21-16-25-22(23-19-8-4-2-5-9-19)24(21)20-10-6-3-7-11-20;/h12-16,19-20H,2-11H2,1H3;1H. The molecular weight excluding hydrogens is 404 g/mol. The molecule has 4 heteroatoms. The molecule has 0 saturated heterocycles. The van der Waals surface area contributed by atoms with Gasteiger partial charge in [0.2, 0.25) is 0 Å². The van der Waals surface area contributed by atoms with Crippen LogP contribution in [0.1, 0.15) is 75.8 Å². The number of thiazole rings is 1. The molecule has 2 fully saturated rings. The summed E-state index contributed by atoms with van der Waals surface area (Å²) in [6, 6.07) is 10.2. The van der Waals surface area contributed by atoms with Crippen molar-refractivity contribution < 1.29 is 0 Å². The minimum atomic E-state index is 0. The fourth-order valence-corrected chi connectivity index (χ4v) is 5.45. The van der Waals surface area contributed by atoms with Crippen LogP contribution in [0, 0.1) is 6.92 Å². The molecule has 2 aliphatic rings. The molecule has 2 aromatic rings. The summed E-state index contributed by atoms with van der Waals surface area (Å²) in [5.74, 6) is 0. The monoisotopic (exact) mass is 434 g/mol. The summed E-state index contributed by atoms with van der Waals surface area (Å²) < 4.78 is 2.60. The van der Waals surface area contributed by atoms with Crippen LogP contribution in [-0.4, -0.2) is 10.6 Å². The van der Waals surface area contributed by atoms with E-state index in [0.29, 0.717) is 12.1 Å². The molecule has 0 spiro atoms. The number of aromatic nitrogens is 1. The third kappa shape index (κ3) is 4.51. The zero-order valence-corrected chi connectivity index (χ0v) is 18.4. The average Bonchev–Trinajstić information content (AvgIpc) is 3.07. The van der Waals surface area contributed by atoms with Gasteiger partial charge in [-0.1, -0.05) is 68.4 Å². The van der Waals surface area contributed by atoms with E-state index in [2.05, 4.69) is 41.1 Å². The first-order valence-electron chi connectivity index (χ1n) is 10.1. The summed E-state index contributed by atoms with van der Waals surface area (Å²) in [5, 5.41) is 2.35. The van der Waals surface area contributed by atoms with Crippen LogP contribution in [0.4, 0.5) is 0 Å². The van der Waals surface area contributed by atoms with Crippen molar-refractivity contribution in [1.29, 1.82) is 0 Å². The molecule has 2 saturated carbocycles. The molecule has 2 aliphatic carbocycles. The van der Waals surface area contributed by atoms with Crippen molar-refractivity contribution in [2.24, 2.45) is 4.99 Å². The summed E-state index contributed by atoms with van der Waals surface area (Å²) in [6.45, 7) is 2.16. The van der Waals surface area contributed by atoms with Gasteiger partial charge in [0.15, 0.2) is 4.80 Å². The van der Waals surface area contributed by atoms with Crippen molar-refractivity contribution in [1.82, 2.24) is 4.57 Å². The number of aryl methyl sites for hydroxylation is 1. The van der Waals surface area contributed by atoms with Gasteiger partial charge in [-0.25, -0.2) is 0 Å². The maximum Gasteiger partial charge on any atom is 0.185 e. The predicted octanol–water partition coefficient (Wildman–Crippen LogP) is 6.84. The Labute approximate surface area is 172 Å². The van der Waals surface area contributed by atoms with Crippen LogP contribution >= 0.6 is 28.3 Å². The molecule has 1 heterocycles. The van der Waals surface area contributed by atoms with Gasteiger partial charge in [-0.3, -0.25) is 4.99 Å². The number of nitrogens with zero attached hydrogens (tertiary/aromatic N) is 2. The summed E-state index contributed by atoms with van der Waals surface area (Å²) in [4.78, 5) is 6.51. The maximum absolute atomic E-state index is 5.24. The fourth-order valence-electron chi connectivity index (χ4n) is 4.41. The minimum Gasteiger partial charge on any atom is -0.314 e. The van der Waals surface area contributed by atoms with Crippen LogP contribution in [0.2, 0.25) is 0 Å². The van der Waals surface area contributed by atoms with Crippen molar-refractivity contribution in [3.05, 3.63) is 40.0 Å². The lowest BCUT2D eigenvalue weighted by atomic mass is 9.94. The van der Waals surface area contributed by atoms with E-state index in [1.165, 1.54) is 85.8 Å². The quantitative estimate of drug-likeness (QED) is 0.502. The first-order chi connectivity index (χ1) is 12.3. The fraction of sp³-hybridized carbons (Fsp3) is 0.591. The van der Waals surface area contributed by atoms with Crippen molar-refractivity contribution in [3.63, 3.8) is 0 Å². The number of halogens is 1. The van der Waals surface area contributed by atoms with Crippen molar-refractivity contribution >= 4 is 28.3 Å². The molecule has 4 rings (SSSR count). The van der Waals surface area contributed by atoms with Crippen molar-refractivity contribution in [2.75, 3.05) is 0 Å². The molecule has 0 aliphatic heterocycles. The first-order valence-corrected chi connectivity index (χ1v) is 11.0. The molecule has 26 heavy (non-hydrogen) atoms. The van der Waals surface area contributed by atoms with E-state index < -0.39 is 0 Å². The van der Waals surface area contributed by atoms with E-state index in [1.807, 2.05) is 11.3 Å². The lowest BCUT2D eigenvalue weighted by Gasteiger charge is -2.26. The highest BCUT2D eigenvalue weighted by molar-refractivity contribution is 8.93. The largest absolute Gasteiger partial charge is 0.314 e. The number of hydrogen-bond donors (Lipinski definition) is 0. The van der Waals surface area contributed by atoms with Gasteiger partial charge in [0.1, 0.15) is 0 Å². The Morgan fingerprint density at radius 3 is 2.15 bits per heavy atom. The zero-order valence-electron chi connectivity index (χ0n) is 15.8. The van der Waals surface area contributed by atoms with Gasteiger partial charge in [0.05, 0.1) is 11.7 Å². The van der Waals surface area contributed by atoms with E-state index in [4.69, 9.17) is 4.99 Å². The molecule has 0 radical (unpaired) electrons. The van der Waals surface area contributed by atoms with Gasteiger partial charge < -0.3 is 4.57 Å². The van der Waals surface area contributed by atoms with Crippen LogP contribution in [0.15, 0.2) is 34.6 Å². The van der Waals surface area contributed by atoms with Crippen LogP contribution in [0.5, 0.6) is 0 Å². The van der Waals surface area contributed by atoms with Gasteiger partial charge >= 0.3 is 0 Å². The van der Waals surface area contributed by atoms with E-state index in [1.54, 1.807) is 0 Å². The average molecular weight is 435 g/mol. The second kappa shape index (κ2) is 9.36. The molecule has 0 unspecified atom stereocenters. The van der Waals surface area contributed by atoms with Crippen LogP contribution in [0.25, 0.3) is 11.3 Å². The molecule has 1 aromatic heterocycles. The predicted molar refractivity (Wildman–Crippen MR) is 117 cm³/mol. The second-order valence-corrected chi connectivity index (χ2v) is 8.69. The van der Waals surface area contributed by atoms with Crippen LogP contribution < -0.4 is 4.80 Å². The normalized spacial score (nSPS) is 20.1. The van der Waals surface area contributed by atoms with Gasteiger partial charge in [0, 0.05) is 11.4 Å². The summed E-state index contributed by atoms with van der Waals surface area (Å²) in [6.07, 6.45) is 13.4. The van der Waals surface area contributed by atoms with Crippen LogP contribution in [0.3, 0.4) is 0 Å². The number of hydrogen-bond acceptors (Lipinski definition) is 2. The topological polar surface area (TPSA) is 17.3 Å². The third-order valence-electron chi connectivity index (χ3n) is 5.90. The highest BCUT2D eigenvalue weighted by atomic mass is 79.9. The Kier molecular flexibility index (Phi) is 7.16. The van der Waals surface area contributed by atoms with Crippen LogP contribution in [-0.2, 0) is 0 Å². The zero-order chi connectivity index (χ0) is 17.1. The summed E-state index contributed by atoms with van der Waals surface area (Å²) >= 11 is 1.86. The highest BCUT2D eigenvalue weighted by Crippen LogP contribution is 2.32. The Hall–Kier alpha value is -0.870. The van der Waals surface area contributed by atoms with Crippen molar-refractivity contribution in [2.45, 2.75) is 83.2 Å². The number of rotatable bonds is 3. The molecular formula is C22H31BrN2S. The molecule has 0 amide bonds. The van der Waals surface area contributed by atoms with Gasteiger partial charge in [0.25, 0.3) is 0 Å². The number of benzene rings is 1. The third-order valence-corrected chi connectivity index (χ3v) is 6.75. The smallest absolute Gasteiger partial charge is 0.185 e. The molecule has 2 nitrogen and oxygen atoms in total. The van der Waals surface area contributed by atoms with Gasteiger partial charge in [-0.05, 0) is 38.2 Å². The second-order valence-electron chi connectivity index (χ2n) is 7.85. The molecule has 0 N–H and O–H groups in total. The van der Waals surface area contributed by atoms with E-state index in [9.17, 15) is 0 Å². The summed E-state index contributed by atoms with van der Waals surface area (Å²) in [5.41, 5.74) is 4.05. The Morgan fingerprint density at radius 2 is 1.50 bits per heavy atom. The van der Waals surface area contributed by atoms with E-state index in [-0.39, 0.29) is 17.0 Å². The highest BCUT2D eigenvalue weighted by Gasteiger charge is 2.21. The Bertz CT molecular complexity index is 747. The minimum absolute atomic E-state index is 0. The summed E-state index contributed by atoms with van der Waals surface area (Å²) in [7, 11) is 0. The molecule has 142 valence electrons. The van der Waals surface area contributed by atoms with E-state index in [0.717, 1.165) is 0 Å². The van der Waals surface area contributed by atoms with Gasteiger partial charge in [-0.2, -0.15) is 0 Å². The first kappa shape index (κ1) is 19.9. The van der Waals surface area contributed by atoms with Gasteiger partial charge in [-0.15, -0.1) is 28.3 Å². The Morgan fingerprint density at radius 1 is 0.885 bits per heavy atom. The maximum atomic E-state index is 5.24. The van der Waals surface area contributed by atoms with E-state index >= 15 is 0 Å². The Balaban J connectivity index is 0.00000196. The molecule has 1 aromatic carbocycles. The lowest BCUT2D eigenvalue weighted by molar-refractivity contribution is 0.346.